The molecule has 0 saturated carbocycles. The average Bonchev–Trinajstić information content (AvgIpc) is 2.89. The summed E-state index contributed by atoms with van der Waals surface area (Å²) in [6, 6.07) is 1.16. The Morgan fingerprint density at radius 3 is 2.44 bits per heavy atom. The van der Waals surface area contributed by atoms with Crippen molar-refractivity contribution in [2.45, 2.75) is 36.8 Å². The van der Waals surface area contributed by atoms with Gasteiger partial charge in [0.25, 0.3) is 15.9 Å². The first-order chi connectivity index (χ1) is 11.6. The maximum absolute atomic E-state index is 12.6. The standard InChI is InChI=1S/C15H22N2O7S/c1-10-11(8-13(24-10)25(21,22)17(2)3)14(20)16-15(9-12(18)19)4-6-23-7-5-15/h8H,4-7,9H2,1-3H3,(H,16,20)(H,18,19). The number of sulfonamides is 1. The molecule has 1 aliphatic rings. The monoisotopic (exact) mass is 374 g/mol. The molecule has 0 aromatic carbocycles. The molecule has 2 rings (SSSR count). The number of amides is 1. The van der Waals surface area contributed by atoms with E-state index in [9.17, 15) is 18.0 Å². The Balaban J connectivity index is 2.28. The predicted octanol–water partition coefficient (Wildman–Crippen LogP) is 0.592. The lowest BCUT2D eigenvalue weighted by molar-refractivity contribution is -0.139. The molecule has 0 radical (unpaired) electrons. The number of hydrogen-bond donors (Lipinski definition) is 2. The minimum absolute atomic E-state index is 0.0664. The summed E-state index contributed by atoms with van der Waals surface area (Å²) in [4.78, 5) is 23.8. The van der Waals surface area contributed by atoms with E-state index in [2.05, 4.69) is 5.32 Å². The van der Waals surface area contributed by atoms with Gasteiger partial charge in [0.1, 0.15) is 5.76 Å². The molecule has 2 N–H and O–H groups in total. The van der Waals surface area contributed by atoms with E-state index >= 15 is 0 Å². The van der Waals surface area contributed by atoms with Gasteiger partial charge in [-0.2, -0.15) is 0 Å². The zero-order valence-electron chi connectivity index (χ0n) is 14.4. The number of aryl methyl sites for hydroxylation is 1. The first-order valence-electron chi connectivity index (χ1n) is 7.72. The second kappa shape index (κ2) is 7.14. The molecule has 10 heteroatoms. The number of furan rings is 1. The highest BCUT2D eigenvalue weighted by atomic mass is 32.2. The Labute approximate surface area is 146 Å². The lowest BCUT2D eigenvalue weighted by atomic mass is 9.86. The van der Waals surface area contributed by atoms with E-state index in [1.807, 2.05) is 0 Å². The van der Waals surface area contributed by atoms with Crippen LogP contribution < -0.4 is 5.32 Å². The highest BCUT2D eigenvalue weighted by Crippen LogP contribution is 2.27. The number of carbonyl (C=O) groups excluding carboxylic acids is 1. The molecule has 2 heterocycles. The molecule has 140 valence electrons. The van der Waals surface area contributed by atoms with Crippen LogP contribution in [0.5, 0.6) is 0 Å². The molecule has 1 fully saturated rings. The van der Waals surface area contributed by atoms with Gasteiger partial charge in [0.2, 0.25) is 5.09 Å². The van der Waals surface area contributed by atoms with Crippen LogP contribution in [0.3, 0.4) is 0 Å². The van der Waals surface area contributed by atoms with E-state index in [0.29, 0.717) is 26.1 Å². The molecule has 1 aliphatic heterocycles. The van der Waals surface area contributed by atoms with E-state index in [4.69, 9.17) is 14.3 Å². The van der Waals surface area contributed by atoms with Gasteiger partial charge in [0, 0.05) is 33.4 Å². The largest absolute Gasteiger partial charge is 0.481 e. The molecule has 25 heavy (non-hydrogen) atoms. The number of rotatable bonds is 6. The van der Waals surface area contributed by atoms with E-state index < -0.39 is 27.4 Å². The summed E-state index contributed by atoms with van der Waals surface area (Å²) >= 11 is 0. The summed E-state index contributed by atoms with van der Waals surface area (Å²) in [5, 5.41) is 11.6. The maximum atomic E-state index is 12.6. The maximum Gasteiger partial charge on any atom is 0.305 e. The predicted molar refractivity (Wildman–Crippen MR) is 86.8 cm³/mol. The molecule has 0 unspecified atom stereocenters. The van der Waals surface area contributed by atoms with Crippen LogP contribution in [0.2, 0.25) is 0 Å². The number of nitrogens with one attached hydrogen (secondary N) is 1. The van der Waals surface area contributed by atoms with E-state index in [0.717, 1.165) is 10.4 Å². The molecule has 0 aliphatic carbocycles. The number of nitrogens with zero attached hydrogens (tertiary/aromatic N) is 1. The fourth-order valence-electron chi connectivity index (χ4n) is 2.69. The Bertz CT molecular complexity index is 761. The lowest BCUT2D eigenvalue weighted by Crippen LogP contribution is -2.53. The molecule has 1 amide bonds. The smallest absolute Gasteiger partial charge is 0.305 e. The van der Waals surface area contributed by atoms with Crippen molar-refractivity contribution in [3.8, 4) is 0 Å². The molecule has 0 bridgehead atoms. The van der Waals surface area contributed by atoms with Crippen molar-refractivity contribution in [3.63, 3.8) is 0 Å². The SMILES string of the molecule is Cc1oc(S(=O)(=O)N(C)C)cc1C(=O)NC1(CC(=O)O)CCOCC1. The van der Waals surface area contributed by atoms with Crippen LogP contribution in [0.4, 0.5) is 0 Å². The molecule has 9 nitrogen and oxygen atoms in total. The molecule has 1 aromatic heterocycles. The fraction of sp³-hybridized carbons (Fsp3) is 0.600. The lowest BCUT2D eigenvalue weighted by Gasteiger charge is -2.36. The number of carbonyl (C=O) groups is 2. The average molecular weight is 374 g/mol. The number of carboxylic acid groups (broad SMARTS) is 1. The van der Waals surface area contributed by atoms with Gasteiger partial charge in [0.05, 0.1) is 17.5 Å². The minimum Gasteiger partial charge on any atom is -0.481 e. The third kappa shape index (κ3) is 4.20. The number of hydrogen-bond acceptors (Lipinski definition) is 6. The van der Waals surface area contributed by atoms with Gasteiger partial charge in [0.15, 0.2) is 0 Å². The Kier molecular flexibility index (Phi) is 5.55. The molecule has 1 saturated heterocycles. The van der Waals surface area contributed by atoms with Gasteiger partial charge in [-0.25, -0.2) is 12.7 Å². The van der Waals surface area contributed by atoms with Crippen LogP contribution in [0.25, 0.3) is 0 Å². The third-order valence-electron chi connectivity index (χ3n) is 4.19. The van der Waals surface area contributed by atoms with Crippen molar-refractivity contribution in [3.05, 3.63) is 17.4 Å². The van der Waals surface area contributed by atoms with Crippen molar-refractivity contribution in [1.82, 2.24) is 9.62 Å². The third-order valence-corrected chi connectivity index (χ3v) is 5.86. The van der Waals surface area contributed by atoms with Gasteiger partial charge in [-0.3, -0.25) is 9.59 Å². The van der Waals surface area contributed by atoms with Crippen LogP contribution in [-0.4, -0.2) is 62.6 Å². The summed E-state index contributed by atoms with van der Waals surface area (Å²) < 4.78 is 35.7. The minimum atomic E-state index is -3.81. The first kappa shape index (κ1) is 19.4. The molecular formula is C15H22N2O7S. The van der Waals surface area contributed by atoms with Gasteiger partial charge in [-0.1, -0.05) is 0 Å². The Morgan fingerprint density at radius 1 is 1.32 bits per heavy atom. The van der Waals surface area contributed by atoms with Crippen LogP contribution in [0.15, 0.2) is 15.6 Å². The zero-order chi connectivity index (χ0) is 18.8. The summed E-state index contributed by atoms with van der Waals surface area (Å²) in [5.74, 6) is -1.44. The fourth-order valence-corrected chi connectivity index (χ4v) is 3.55. The quantitative estimate of drug-likeness (QED) is 0.746. The van der Waals surface area contributed by atoms with Gasteiger partial charge in [-0.05, 0) is 19.8 Å². The van der Waals surface area contributed by atoms with Crippen LogP contribution in [-0.2, 0) is 19.6 Å². The van der Waals surface area contributed by atoms with Crippen molar-refractivity contribution < 1.29 is 32.3 Å². The van der Waals surface area contributed by atoms with Crippen molar-refractivity contribution >= 4 is 21.9 Å². The summed E-state index contributed by atoms with van der Waals surface area (Å²) in [6.45, 7) is 2.17. The molecular weight excluding hydrogens is 352 g/mol. The highest BCUT2D eigenvalue weighted by molar-refractivity contribution is 7.88. The van der Waals surface area contributed by atoms with Gasteiger partial charge < -0.3 is 19.6 Å². The van der Waals surface area contributed by atoms with Crippen LogP contribution in [0.1, 0.15) is 35.4 Å². The summed E-state index contributed by atoms with van der Waals surface area (Å²) in [6.07, 6.45) is 0.497. The summed E-state index contributed by atoms with van der Waals surface area (Å²) in [5.41, 5.74) is -0.859. The number of carboxylic acids is 1. The Hall–Kier alpha value is -1.91. The van der Waals surface area contributed by atoms with Crippen molar-refractivity contribution in [2.75, 3.05) is 27.3 Å². The molecule has 0 spiro atoms. The van der Waals surface area contributed by atoms with E-state index in [1.54, 1.807) is 0 Å². The van der Waals surface area contributed by atoms with Crippen LogP contribution >= 0.6 is 0 Å². The Morgan fingerprint density at radius 2 is 1.92 bits per heavy atom. The zero-order valence-corrected chi connectivity index (χ0v) is 15.2. The number of aliphatic carboxylic acids is 1. The second-order valence-corrected chi connectivity index (χ2v) is 8.32. The topological polar surface area (TPSA) is 126 Å². The summed E-state index contributed by atoms with van der Waals surface area (Å²) in [7, 11) is -1.09. The number of ether oxygens (including phenoxy) is 1. The van der Waals surface area contributed by atoms with Crippen molar-refractivity contribution in [1.29, 1.82) is 0 Å². The second-order valence-electron chi connectivity index (χ2n) is 6.24. The van der Waals surface area contributed by atoms with E-state index in [1.165, 1.54) is 21.0 Å². The van der Waals surface area contributed by atoms with Gasteiger partial charge >= 0.3 is 5.97 Å². The van der Waals surface area contributed by atoms with Crippen molar-refractivity contribution in [2.24, 2.45) is 0 Å². The molecule has 1 aromatic rings. The van der Waals surface area contributed by atoms with Crippen LogP contribution in [0, 0.1) is 6.92 Å². The normalized spacial score (nSPS) is 17.4. The highest BCUT2D eigenvalue weighted by Gasteiger charge is 2.37. The molecule has 0 atom stereocenters. The van der Waals surface area contributed by atoms with Gasteiger partial charge in [-0.15, -0.1) is 0 Å². The van der Waals surface area contributed by atoms with E-state index in [-0.39, 0.29) is 22.8 Å². The first-order valence-corrected chi connectivity index (χ1v) is 9.16.